The predicted molar refractivity (Wildman–Crippen MR) is 56.1 cm³/mol. The Bertz CT molecular complexity index is 445. The lowest BCUT2D eigenvalue weighted by atomic mass is 9.62. The number of carbonyl (C=O) groups excluding carboxylic acids is 1. The summed E-state index contributed by atoms with van der Waals surface area (Å²) in [6, 6.07) is 0. The van der Waals surface area contributed by atoms with Gasteiger partial charge < -0.3 is 14.2 Å². The summed E-state index contributed by atoms with van der Waals surface area (Å²) < 4.78 is 17.3. The van der Waals surface area contributed by atoms with E-state index >= 15 is 0 Å². The Morgan fingerprint density at radius 1 is 1.18 bits per heavy atom. The van der Waals surface area contributed by atoms with Gasteiger partial charge in [0.1, 0.15) is 6.61 Å². The molecule has 4 saturated heterocycles. The van der Waals surface area contributed by atoms with E-state index in [2.05, 4.69) is 12.2 Å². The lowest BCUT2D eigenvalue weighted by molar-refractivity contribution is -0.137. The van der Waals surface area contributed by atoms with Crippen molar-refractivity contribution in [2.45, 2.75) is 37.3 Å². The quantitative estimate of drug-likeness (QED) is 0.456. The molecule has 5 aliphatic rings. The Labute approximate surface area is 98.9 Å². The number of esters is 1. The Hall–Kier alpha value is -0.870. The summed E-state index contributed by atoms with van der Waals surface area (Å²) in [6.07, 6.45) is 6.79. The van der Waals surface area contributed by atoms with E-state index < -0.39 is 0 Å². The minimum Gasteiger partial charge on any atom is -0.465 e. The van der Waals surface area contributed by atoms with Crippen LogP contribution in [-0.2, 0) is 19.0 Å². The van der Waals surface area contributed by atoms with Crippen LogP contribution in [0.25, 0.3) is 0 Å². The molecule has 7 unspecified atom stereocenters. The van der Waals surface area contributed by atoms with Crippen molar-refractivity contribution in [3.8, 4) is 0 Å². The molecule has 0 aromatic rings. The van der Waals surface area contributed by atoms with E-state index in [1.165, 1.54) is 0 Å². The molecule has 0 aromatic heterocycles. The Balaban J connectivity index is 1.56. The van der Waals surface area contributed by atoms with Crippen LogP contribution in [-0.4, -0.2) is 37.0 Å². The molecule has 0 N–H and O–H groups in total. The van der Waals surface area contributed by atoms with E-state index in [0.29, 0.717) is 24.9 Å². The Morgan fingerprint density at radius 3 is 2.76 bits per heavy atom. The molecule has 5 heterocycles. The molecule has 90 valence electrons. The third kappa shape index (κ3) is 0.890. The van der Waals surface area contributed by atoms with Gasteiger partial charge >= 0.3 is 5.97 Å². The van der Waals surface area contributed by atoms with Crippen LogP contribution in [0.15, 0.2) is 12.2 Å². The van der Waals surface area contributed by atoms with Crippen molar-refractivity contribution in [3.05, 3.63) is 12.2 Å². The van der Waals surface area contributed by atoms with E-state index in [1.54, 1.807) is 0 Å². The maximum atomic E-state index is 11.4. The highest BCUT2D eigenvalue weighted by Crippen LogP contribution is 2.62. The molecule has 0 amide bonds. The molecule has 17 heavy (non-hydrogen) atoms. The van der Waals surface area contributed by atoms with Gasteiger partial charge in [0.25, 0.3) is 0 Å². The van der Waals surface area contributed by atoms with Gasteiger partial charge in [0.15, 0.2) is 0 Å². The lowest BCUT2D eigenvalue weighted by Gasteiger charge is -2.36. The Kier molecular flexibility index (Phi) is 1.39. The third-order valence-electron chi connectivity index (χ3n) is 5.34. The van der Waals surface area contributed by atoms with E-state index in [4.69, 9.17) is 14.2 Å². The fourth-order valence-corrected chi connectivity index (χ4v) is 4.75. The van der Waals surface area contributed by atoms with Gasteiger partial charge in [0.2, 0.25) is 0 Å². The van der Waals surface area contributed by atoms with Crippen LogP contribution in [0, 0.1) is 17.3 Å². The number of fused-ring (bicyclic) bond motifs is 10. The van der Waals surface area contributed by atoms with Crippen LogP contribution in [0.4, 0.5) is 0 Å². The van der Waals surface area contributed by atoms with Gasteiger partial charge in [-0.2, -0.15) is 0 Å². The summed E-state index contributed by atoms with van der Waals surface area (Å²) in [4.78, 5) is 11.4. The van der Waals surface area contributed by atoms with E-state index in [9.17, 15) is 4.79 Å². The van der Waals surface area contributed by atoms with E-state index in [-0.39, 0.29) is 35.8 Å². The first-order valence-electron chi connectivity index (χ1n) is 6.42. The van der Waals surface area contributed by atoms with Gasteiger partial charge in [-0.05, 0) is 6.42 Å². The van der Waals surface area contributed by atoms with Gasteiger partial charge in [-0.3, -0.25) is 4.79 Å². The number of hydrogen-bond donors (Lipinski definition) is 0. The summed E-state index contributed by atoms with van der Waals surface area (Å²) >= 11 is 0. The lowest BCUT2D eigenvalue weighted by Crippen LogP contribution is -2.45. The van der Waals surface area contributed by atoms with Gasteiger partial charge in [0, 0.05) is 17.3 Å². The monoisotopic (exact) mass is 234 g/mol. The normalized spacial score (nSPS) is 61.5. The number of hydrogen-bond acceptors (Lipinski definition) is 4. The molecule has 5 aliphatic heterocycles. The SMILES string of the molecule is O=C1CC2(CO1)CC1OC2C2C3C=CC(O3)C12. The fraction of sp³-hybridized carbons (Fsp3) is 0.769. The second-order valence-electron chi connectivity index (χ2n) is 6.10. The van der Waals surface area contributed by atoms with Crippen molar-refractivity contribution in [2.24, 2.45) is 17.3 Å². The molecule has 1 spiro atoms. The maximum absolute atomic E-state index is 11.4. The second kappa shape index (κ2) is 2.59. The van der Waals surface area contributed by atoms with Crippen molar-refractivity contribution in [2.75, 3.05) is 6.61 Å². The maximum Gasteiger partial charge on any atom is 0.306 e. The topological polar surface area (TPSA) is 44.8 Å². The average molecular weight is 234 g/mol. The first kappa shape index (κ1) is 9.11. The zero-order chi connectivity index (χ0) is 11.2. The van der Waals surface area contributed by atoms with Gasteiger partial charge in [-0.25, -0.2) is 0 Å². The molecule has 4 nitrogen and oxygen atoms in total. The van der Waals surface area contributed by atoms with Crippen molar-refractivity contribution in [3.63, 3.8) is 0 Å². The number of carbonyl (C=O) groups is 1. The molecule has 0 aromatic carbocycles. The second-order valence-corrected chi connectivity index (χ2v) is 6.10. The van der Waals surface area contributed by atoms with Crippen LogP contribution in [0.3, 0.4) is 0 Å². The predicted octanol–water partition coefficient (Wildman–Crippen LogP) is 0.660. The van der Waals surface area contributed by atoms with Crippen LogP contribution in [0.5, 0.6) is 0 Å². The van der Waals surface area contributed by atoms with Crippen LogP contribution in [0.2, 0.25) is 0 Å². The first-order valence-corrected chi connectivity index (χ1v) is 6.42. The summed E-state index contributed by atoms with van der Waals surface area (Å²) in [5, 5.41) is 0. The third-order valence-corrected chi connectivity index (χ3v) is 5.34. The van der Waals surface area contributed by atoms with E-state index in [1.807, 2.05) is 0 Å². The largest absolute Gasteiger partial charge is 0.465 e. The summed E-state index contributed by atoms with van der Waals surface area (Å²) in [5.74, 6) is 0.923. The number of cyclic esters (lactones) is 1. The molecule has 4 fully saturated rings. The molecule has 7 atom stereocenters. The molecule has 0 saturated carbocycles. The van der Waals surface area contributed by atoms with Crippen LogP contribution < -0.4 is 0 Å². The summed E-state index contributed by atoms with van der Waals surface area (Å²) in [5.41, 5.74) is -0.0371. The fourth-order valence-electron chi connectivity index (χ4n) is 4.75. The molecular weight excluding hydrogens is 220 g/mol. The first-order chi connectivity index (χ1) is 8.27. The molecule has 0 radical (unpaired) electrons. The molecule has 4 bridgehead atoms. The summed E-state index contributed by atoms with van der Waals surface area (Å²) in [6.45, 7) is 0.553. The highest BCUT2D eigenvalue weighted by Gasteiger charge is 2.70. The number of ether oxygens (including phenoxy) is 3. The smallest absolute Gasteiger partial charge is 0.306 e. The summed E-state index contributed by atoms with van der Waals surface area (Å²) in [7, 11) is 0. The average Bonchev–Trinajstić information content (AvgIpc) is 3.04. The van der Waals surface area contributed by atoms with Crippen LogP contribution >= 0.6 is 0 Å². The highest BCUT2D eigenvalue weighted by molar-refractivity contribution is 5.73. The van der Waals surface area contributed by atoms with Gasteiger partial charge in [0.05, 0.1) is 30.8 Å². The van der Waals surface area contributed by atoms with Gasteiger partial charge in [-0.15, -0.1) is 0 Å². The number of rotatable bonds is 0. The molecule has 5 rings (SSSR count). The Morgan fingerprint density at radius 2 is 2.00 bits per heavy atom. The molecular formula is C13H14O4. The van der Waals surface area contributed by atoms with Crippen molar-refractivity contribution in [1.29, 1.82) is 0 Å². The van der Waals surface area contributed by atoms with Crippen molar-refractivity contribution < 1.29 is 19.0 Å². The zero-order valence-electron chi connectivity index (χ0n) is 9.37. The van der Waals surface area contributed by atoms with Crippen molar-refractivity contribution in [1.82, 2.24) is 0 Å². The standard InChI is InChI=1S/C13H14O4/c14-9-4-13(5-15-9)3-8-10-6-1-2-7(16-6)11(10)12(13)17-8/h1-2,6-8,10-12H,3-5H2. The van der Waals surface area contributed by atoms with E-state index in [0.717, 1.165) is 6.42 Å². The van der Waals surface area contributed by atoms with Crippen molar-refractivity contribution >= 4 is 5.97 Å². The van der Waals surface area contributed by atoms with Crippen LogP contribution in [0.1, 0.15) is 12.8 Å². The highest BCUT2D eigenvalue weighted by atomic mass is 16.6. The molecule has 4 heteroatoms. The minimum absolute atomic E-state index is 0.0371. The minimum atomic E-state index is -0.0580. The molecule has 0 aliphatic carbocycles. The van der Waals surface area contributed by atoms with Gasteiger partial charge in [-0.1, -0.05) is 12.2 Å². The zero-order valence-corrected chi connectivity index (χ0v) is 9.37.